The summed E-state index contributed by atoms with van der Waals surface area (Å²) in [6.07, 6.45) is 1.66. The largest absolute Gasteiger partial charge is 0.487 e. The number of rotatable bonds is 10. The number of ether oxygens (including phenoxy) is 1. The SMILES string of the molecule is C=CCOc1ccccc1NCC(=O)Nc1cccc(C(=O)NC(C)c2ccccc2)c1. The number of anilines is 2. The summed E-state index contributed by atoms with van der Waals surface area (Å²) in [5.74, 6) is 0.203. The van der Waals surface area contributed by atoms with Gasteiger partial charge in [0.05, 0.1) is 18.3 Å². The van der Waals surface area contributed by atoms with Gasteiger partial charge in [0, 0.05) is 11.3 Å². The molecule has 32 heavy (non-hydrogen) atoms. The van der Waals surface area contributed by atoms with Gasteiger partial charge < -0.3 is 20.7 Å². The van der Waals surface area contributed by atoms with E-state index >= 15 is 0 Å². The van der Waals surface area contributed by atoms with Gasteiger partial charge in [0.1, 0.15) is 12.4 Å². The summed E-state index contributed by atoms with van der Waals surface area (Å²) >= 11 is 0. The summed E-state index contributed by atoms with van der Waals surface area (Å²) in [7, 11) is 0. The number of carbonyl (C=O) groups excluding carboxylic acids is 2. The van der Waals surface area contributed by atoms with Crippen LogP contribution in [0.5, 0.6) is 5.75 Å². The Balaban J connectivity index is 1.57. The zero-order chi connectivity index (χ0) is 22.8. The second-order valence-electron chi connectivity index (χ2n) is 7.18. The lowest BCUT2D eigenvalue weighted by Gasteiger charge is -2.15. The minimum absolute atomic E-state index is 0.0515. The van der Waals surface area contributed by atoms with Gasteiger partial charge in [-0.1, -0.05) is 61.2 Å². The van der Waals surface area contributed by atoms with Crippen molar-refractivity contribution in [3.63, 3.8) is 0 Å². The highest BCUT2D eigenvalue weighted by Gasteiger charge is 2.12. The van der Waals surface area contributed by atoms with Crippen molar-refractivity contribution in [1.82, 2.24) is 5.32 Å². The van der Waals surface area contributed by atoms with Crippen LogP contribution in [0, 0.1) is 0 Å². The molecule has 3 aromatic carbocycles. The fourth-order valence-electron chi connectivity index (χ4n) is 3.11. The van der Waals surface area contributed by atoms with Crippen molar-refractivity contribution in [2.45, 2.75) is 13.0 Å². The molecule has 0 aliphatic heterocycles. The fourth-order valence-corrected chi connectivity index (χ4v) is 3.11. The van der Waals surface area contributed by atoms with E-state index in [9.17, 15) is 9.59 Å². The molecule has 0 bridgehead atoms. The molecule has 0 aliphatic rings. The minimum atomic E-state index is -0.237. The predicted octanol–water partition coefficient (Wildman–Crippen LogP) is 4.79. The molecule has 3 rings (SSSR count). The summed E-state index contributed by atoms with van der Waals surface area (Å²) in [6.45, 7) is 6.00. The fraction of sp³-hybridized carbons (Fsp3) is 0.154. The Morgan fingerprint density at radius 1 is 1.00 bits per heavy atom. The molecular weight excluding hydrogens is 402 g/mol. The topological polar surface area (TPSA) is 79.5 Å². The Hall–Kier alpha value is -4.06. The number of carbonyl (C=O) groups is 2. The van der Waals surface area contributed by atoms with E-state index in [0.717, 1.165) is 5.56 Å². The van der Waals surface area contributed by atoms with Crippen molar-refractivity contribution >= 4 is 23.2 Å². The summed E-state index contributed by atoms with van der Waals surface area (Å²) in [4.78, 5) is 25.1. The Kier molecular flexibility index (Phi) is 8.03. The van der Waals surface area contributed by atoms with Crippen LogP contribution in [0.25, 0.3) is 0 Å². The molecule has 6 heteroatoms. The third-order valence-electron chi connectivity index (χ3n) is 4.74. The average Bonchev–Trinajstić information content (AvgIpc) is 2.82. The van der Waals surface area contributed by atoms with E-state index in [1.54, 1.807) is 30.3 Å². The Morgan fingerprint density at radius 2 is 1.75 bits per heavy atom. The lowest BCUT2D eigenvalue weighted by molar-refractivity contribution is -0.114. The van der Waals surface area contributed by atoms with E-state index in [4.69, 9.17) is 4.74 Å². The number of nitrogens with one attached hydrogen (secondary N) is 3. The van der Waals surface area contributed by atoms with Gasteiger partial charge >= 0.3 is 0 Å². The van der Waals surface area contributed by atoms with Crippen LogP contribution in [0.2, 0.25) is 0 Å². The van der Waals surface area contributed by atoms with Gasteiger partial charge in [-0.25, -0.2) is 0 Å². The van der Waals surface area contributed by atoms with E-state index < -0.39 is 0 Å². The van der Waals surface area contributed by atoms with Crippen molar-refractivity contribution in [3.05, 3.63) is 103 Å². The maximum absolute atomic E-state index is 12.6. The van der Waals surface area contributed by atoms with Crippen molar-refractivity contribution in [3.8, 4) is 5.75 Å². The van der Waals surface area contributed by atoms with Crippen LogP contribution < -0.4 is 20.7 Å². The number of amides is 2. The van der Waals surface area contributed by atoms with Crippen LogP contribution in [-0.2, 0) is 4.79 Å². The normalized spacial score (nSPS) is 11.2. The highest BCUT2D eigenvalue weighted by molar-refractivity contribution is 5.98. The van der Waals surface area contributed by atoms with E-state index in [2.05, 4.69) is 22.5 Å². The van der Waals surface area contributed by atoms with Crippen LogP contribution in [0.4, 0.5) is 11.4 Å². The van der Waals surface area contributed by atoms with Crippen LogP contribution in [-0.4, -0.2) is 25.0 Å². The Labute approximate surface area is 188 Å². The van der Waals surface area contributed by atoms with E-state index in [0.29, 0.717) is 29.3 Å². The Bertz CT molecular complexity index is 1070. The van der Waals surface area contributed by atoms with Crippen LogP contribution in [0.3, 0.4) is 0 Å². The molecule has 0 fully saturated rings. The van der Waals surface area contributed by atoms with E-state index in [-0.39, 0.29) is 24.4 Å². The van der Waals surface area contributed by atoms with Crippen molar-refractivity contribution < 1.29 is 14.3 Å². The first kappa shape index (κ1) is 22.6. The first-order valence-corrected chi connectivity index (χ1v) is 10.4. The maximum atomic E-state index is 12.6. The molecular formula is C26H27N3O3. The number of benzene rings is 3. The Morgan fingerprint density at radius 3 is 2.53 bits per heavy atom. The highest BCUT2D eigenvalue weighted by atomic mass is 16.5. The summed E-state index contributed by atoms with van der Waals surface area (Å²) in [6, 6.07) is 23.9. The van der Waals surface area contributed by atoms with Gasteiger partial charge in [-0.15, -0.1) is 0 Å². The molecule has 1 unspecified atom stereocenters. The zero-order valence-corrected chi connectivity index (χ0v) is 18.0. The number of hydrogen-bond acceptors (Lipinski definition) is 4. The van der Waals surface area contributed by atoms with Gasteiger partial charge in [-0.3, -0.25) is 9.59 Å². The molecule has 0 spiro atoms. The van der Waals surface area contributed by atoms with Crippen LogP contribution >= 0.6 is 0 Å². The van der Waals surface area contributed by atoms with Crippen molar-refractivity contribution in [2.75, 3.05) is 23.8 Å². The molecule has 0 saturated carbocycles. The maximum Gasteiger partial charge on any atom is 0.251 e. The molecule has 0 radical (unpaired) electrons. The lowest BCUT2D eigenvalue weighted by atomic mass is 10.1. The molecule has 0 saturated heterocycles. The van der Waals surface area contributed by atoms with Gasteiger partial charge in [-0.05, 0) is 42.8 Å². The standard InChI is InChI=1S/C26H27N3O3/c1-3-16-32-24-15-8-7-14-23(24)27-18-25(30)29-22-13-9-12-21(17-22)26(31)28-19(2)20-10-5-4-6-11-20/h3-15,17,19,27H,1,16,18H2,2H3,(H,28,31)(H,29,30). The first-order valence-electron chi connectivity index (χ1n) is 10.4. The molecule has 6 nitrogen and oxygen atoms in total. The van der Waals surface area contributed by atoms with Crippen LogP contribution in [0.1, 0.15) is 28.9 Å². The number of hydrogen-bond donors (Lipinski definition) is 3. The molecule has 3 aromatic rings. The number of para-hydroxylation sites is 2. The molecule has 2 amide bonds. The highest BCUT2D eigenvalue weighted by Crippen LogP contribution is 2.23. The molecule has 0 heterocycles. The molecule has 1 atom stereocenters. The smallest absolute Gasteiger partial charge is 0.251 e. The van der Waals surface area contributed by atoms with Crippen LogP contribution in [0.15, 0.2) is 91.5 Å². The predicted molar refractivity (Wildman–Crippen MR) is 128 cm³/mol. The van der Waals surface area contributed by atoms with E-state index in [1.165, 1.54) is 0 Å². The first-order chi connectivity index (χ1) is 15.6. The monoisotopic (exact) mass is 429 g/mol. The summed E-state index contributed by atoms with van der Waals surface area (Å²) in [5.41, 5.74) is 2.76. The van der Waals surface area contributed by atoms with E-state index in [1.807, 2.05) is 61.5 Å². The quantitative estimate of drug-likeness (QED) is 0.405. The van der Waals surface area contributed by atoms with Gasteiger partial charge in [0.25, 0.3) is 5.91 Å². The van der Waals surface area contributed by atoms with Gasteiger partial charge in [0.15, 0.2) is 0 Å². The lowest BCUT2D eigenvalue weighted by Crippen LogP contribution is -2.27. The molecule has 0 aromatic heterocycles. The second-order valence-corrected chi connectivity index (χ2v) is 7.18. The molecule has 0 aliphatic carbocycles. The third kappa shape index (κ3) is 6.47. The summed E-state index contributed by atoms with van der Waals surface area (Å²) in [5, 5.41) is 8.87. The third-order valence-corrected chi connectivity index (χ3v) is 4.74. The van der Waals surface area contributed by atoms with Crippen molar-refractivity contribution in [1.29, 1.82) is 0 Å². The zero-order valence-electron chi connectivity index (χ0n) is 18.0. The molecule has 3 N–H and O–H groups in total. The molecule has 164 valence electrons. The minimum Gasteiger partial charge on any atom is -0.487 e. The van der Waals surface area contributed by atoms with Gasteiger partial charge in [0.2, 0.25) is 5.91 Å². The average molecular weight is 430 g/mol. The second kappa shape index (κ2) is 11.4. The van der Waals surface area contributed by atoms with Crippen molar-refractivity contribution in [2.24, 2.45) is 0 Å². The van der Waals surface area contributed by atoms with Gasteiger partial charge in [-0.2, -0.15) is 0 Å². The summed E-state index contributed by atoms with van der Waals surface area (Å²) < 4.78 is 5.59.